The van der Waals surface area contributed by atoms with Crippen LogP contribution in [0, 0.1) is 20.8 Å². The molecule has 0 saturated heterocycles. The number of ether oxygens (including phenoxy) is 1. The highest BCUT2D eigenvalue weighted by Gasteiger charge is 2.08. The highest BCUT2D eigenvalue weighted by atomic mass is 16.5. The molecule has 0 bridgehead atoms. The van der Waals surface area contributed by atoms with Crippen LogP contribution in [0.25, 0.3) is 0 Å². The van der Waals surface area contributed by atoms with E-state index in [4.69, 9.17) is 4.74 Å². The van der Waals surface area contributed by atoms with Crippen molar-refractivity contribution in [2.75, 3.05) is 5.32 Å². The largest absolute Gasteiger partial charge is 0.489 e. The second kappa shape index (κ2) is 11.6. The Balaban J connectivity index is 1.39. The summed E-state index contributed by atoms with van der Waals surface area (Å²) < 4.78 is 5.80. The van der Waals surface area contributed by atoms with Crippen LogP contribution in [0.5, 0.6) is 5.75 Å². The number of hydrogen-bond acceptors (Lipinski definition) is 4. The molecule has 0 atom stereocenters. The first kappa shape index (κ1) is 23.7. The maximum absolute atomic E-state index is 12.1. The molecule has 0 aliphatic carbocycles. The van der Waals surface area contributed by atoms with Crippen molar-refractivity contribution in [1.82, 2.24) is 5.43 Å². The summed E-state index contributed by atoms with van der Waals surface area (Å²) in [7, 11) is 0. The van der Waals surface area contributed by atoms with Crippen LogP contribution in [0.1, 0.15) is 40.7 Å². The zero-order chi connectivity index (χ0) is 23.6. The number of carbonyl (C=O) groups is 2. The average Bonchev–Trinajstić information content (AvgIpc) is 2.80. The van der Waals surface area contributed by atoms with E-state index in [2.05, 4.69) is 34.9 Å². The van der Waals surface area contributed by atoms with Gasteiger partial charge in [-0.25, -0.2) is 5.43 Å². The summed E-state index contributed by atoms with van der Waals surface area (Å²) >= 11 is 0. The van der Waals surface area contributed by atoms with E-state index in [0.717, 1.165) is 33.7 Å². The Morgan fingerprint density at radius 3 is 2.39 bits per heavy atom. The molecule has 0 fully saturated rings. The molecular formula is C27H29N3O3. The van der Waals surface area contributed by atoms with E-state index in [0.29, 0.717) is 6.61 Å². The summed E-state index contributed by atoms with van der Waals surface area (Å²) in [6, 6.07) is 21.4. The van der Waals surface area contributed by atoms with Crippen LogP contribution >= 0.6 is 0 Å². The molecule has 3 rings (SSSR count). The summed E-state index contributed by atoms with van der Waals surface area (Å²) in [6.45, 7) is 6.50. The maximum Gasteiger partial charge on any atom is 0.240 e. The van der Waals surface area contributed by atoms with Crippen molar-refractivity contribution < 1.29 is 14.3 Å². The quantitative estimate of drug-likeness (QED) is 0.358. The van der Waals surface area contributed by atoms with E-state index in [1.807, 2.05) is 68.4 Å². The summed E-state index contributed by atoms with van der Waals surface area (Å²) in [4.78, 5) is 24.1. The van der Waals surface area contributed by atoms with Crippen molar-refractivity contribution in [1.29, 1.82) is 0 Å². The smallest absolute Gasteiger partial charge is 0.240 e. The van der Waals surface area contributed by atoms with E-state index in [-0.39, 0.29) is 24.7 Å². The molecule has 2 N–H and O–H groups in total. The summed E-state index contributed by atoms with van der Waals surface area (Å²) in [5, 5.41) is 6.81. The minimum atomic E-state index is -0.319. The van der Waals surface area contributed by atoms with Gasteiger partial charge in [0.25, 0.3) is 0 Å². The molecule has 3 aromatic carbocycles. The second-order valence-electron chi connectivity index (χ2n) is 7.94. The number of aryl methyl sites for hydroxylation is 2. The molecule has 0 aromatic heterocycles. The fraction of sp³-hybridized carbons (Fsp3) is 0.222. The lowest BCUT2D eigenvalue weighted by atomic mass is 10.1. The molecule has 2 amide bonds. The van der Waals surface area contributed by atoms with E-state index < -0.39 is 0 Å². The number of nitrogens with one attached hydrogen (secondary N) is 2. The minimum absolute atomic E-state index is 0.0553. The Hall–Kier alpha value is -3.93. The van der Waals surface area contributed by atoms with Crippen molar-refractivity contribution in [3.05, 3.63) is 94.5 Å². The van der Waals surface area contributed by atoms with E-state index in [1.54, 1.807) is 6.21 Å². The van der Waals surface area contributed by atoms with Gasteiger partial charge in [0.05, 0.1) is 6.21 Å². The lowest BCUT2D eigenvalue weighted by Gasteiger charge is -2.10. The fourth-order valence-corrected chi connectivity index (χ4v) is 3.18. The molecule has 33 heavy (non-hydrogen) atoms. The summed E-state index contributed by atoms with van der Waals surface area (Å²) in [5.74, 6) is 0.233. The number of hydrazone groups is 1. The normalized spacial score (nSPS) is 10.8. The molecule has 6 heteroatoms. The van der Waals surface area contributed by atoms with Crippen molar-refractivity contribution in [2.45, 2.75) is 40.2 Å². The van der Waals surface area contributed by atoms with Gasteiger partial charge in [0, 0.05) is 18.5 Å². The molecule has 0 aliphatic rings. The average molecular weight is 444 g/mol. The SMILES string of the molecule is Cc1cccc(COc2ccc(C=NNC(=O)CCC(=O)Nc3cccc(C)c3C)cc2)c1. The van der Waals surface area contributed by atoms with Crippen molar-refractivity contribution in [2.24, 2.45) is 5.10 Å². The van der Waals surface area contributed by atoms with Gasteiger partial charge in [-0.2, -0.15) is 5.10 Å². The maximum atomic E-state index is 12.1. The monoisotopic (exact) mass is 443 g/mol. The summed E-state index contributed by atoms with van der Waals surface area (Å²) in [6.07, 6.45) is 1.69. The van der Waals surface area contributed by atoms with Gasteiger partial charge in [-0.15, -0.1) is 0 Å². The van der Waals surface area contributed by atoms with Crippen LogP contribution in [0.15, 0.2) is 71.8 Å². The van der Waals surface area contributed by atoms with Crippen LogP contribution in [0.3, 0.4) is 0 Å². The van der Waals surface area contributed by atoms with Gasteiger partial charge in [0.15, 0.2) is 0 Å². The molecular weight excluding hydrogens is 414 g/mol. The van der Waals surface area contributed by atoms with Gasteiger partial charge in [0.2, 0.25) is 11.8 Å². The van der Waals surface area contributed by atoms with Crippen LogP contribution in [0.2, 0.25) is 0 Å². The number of carbonyl (C=O) groups excluding carboxylic acids is 2. The molecule has 0 saturated carbocycles. The van der Waals surface area contributed by atoms with Crippen LogP contribution < -0.4 is 15.5 Å². The molecule has 0 heterocycles. The first-order valence-electron chi connectivity index (χ1n) is 10.9. The lowest BCUT2D eigenvalue weighted by Crippen LogP contribution is -2.21. The van der Waals surface area contributed by atoms with Gasteiger partial charge in [-0.3, -0.25) is 9.59 Å². The topological polar surface area (TPSA) is 79.8 Å². The fourth-order valence-electron chi connectivity index (χ4n) is 3.18. The van der Waals surface area contributed by atoms with Gasteiger partial charge in [0.1, 0.15) is 12.4 Å². The molecule has 0 radical (unpaired) electrons. The standard InChI is InChI=1S/C27H29N3O3/c1-19-6-4-8-23(16-19)18-33-24-12-10-22(11-13-24)17-28-30-27(32)15-14-26(31)29-25-9-5-7-20(2)21(25)3/h4-13,16-17H,14-15,18H2,1-3H3,(H,29,31)(H,30,32). The van der Waals surface area contributed by atoms with E-state index in [1.165, 1.54) is 5.56 Å². The third-order valence-electron chi connectivity index (χ3n) is 5.23. The van der Waals surface area contributed by atoms with E-state index in [9.17, 15) is 9.59 Å². The number of benzene rings is 3. The number of hydrogen-bond donors (Lipinski definition) is 2. The van der Waals surface area contributed by atoms with Crippen molar-refractivity contribution in [3.63, 3.8) is 0 Å². The van der Waals surface area contributed by atoms with Gasteiger partial charge < -0.3 is 10.1 Å². The Kier molecular flexibility index (Phi) is 8.36. The van der Waals surface area contributed by atoms with Gasteiger partial charge in [-0.1, -0.05) is 42.0 Å². The molecule has 170 valence electrons. The third-order valence-corrected chi connectivity index (χ3v) is 5.23. The second-order valence-corrected chi connectivity index (χ2v) is 7.94. The first-order chi connectivity index (χ1) is 15.9. The van der Waals surface area contributed by atoms with Crippen LogP contribution in [0.4, 0.5) is 5.69 Å². The van der Waals surface area contributed by atoms with Crippen molar-refractivity contribution in [3.8, 4) is 5.75 Å². The minimum Gasteiger partial charge on any atom is -0.489 e. The number of amides is 2. The Labute approximate surface area is 194 Å². The number of rotatable bonds is 9. The zero-order valence-corrected chi connectivity index (χ0v) is 19.2. The zero-order valence-electron chi connectivity index (χ0n) is 19.2. The number of anilines is 1. The van der Waals surface area contributed by atoms with Crippen LogP contribution in [-0.4, -0.2) is 18.0 Å². The van der Waals surface area contributed by atoms with Crippen molar-refractivity contribution >= 4 is 23.7 Å². The van der Waals surface area contributed by atoms with Crippen LogP contribution in [-0.2, 0) is 16.2 Å². The Bertz CT molecular complexity index is 1140. The Morgan fingerprint density at radius 1 is 0.909 bits per heavy atom. The highest BCUT2D eigenvalue weighted by molar-refractivity contribution is 5.94. The predicted molar refractivity (Wildman–Crippen MR) is 131 cm³/mol. The molecule has 0 unspecified atom stereocenters. The number of nitrogens with zero attached hydrogens (tertiary/aromatic N) is 1. The Morgan fingerprint density at radius 2 is 1.64 bits per heavy atom. The van der Waals surface area contributed by atoms with Gasteiger partial charge in [-0.05, 0) is 73.4 Å². The molecule has 0 aliphatic heterocycles. The predicted octanol–water partition coefficient (Wildman–Crippen LogP) is 5.06. The third kappa shape index (κ3) is 7.61. The molecule has 3 aromatic rings. The lowest BCUT2D eigenvalue weighted by molar-refractivity contribution is -0.124. The first-order valence-corrected chi connectivity index (χ1v) is 10.9. The summed E-state index contributed by atoms with van der Waals surface area (Å²) in [5.41, 5.74) is 8.49. The highest BCUT2D eigenvalue weighted by Crippen LogP contribution is 2.18. The molecule has 0 spiro atoms. The van der Waals surface area contributed by atoms with E-state index >= 15 is 0 Å². The van der Waals surface area contributed by atoms with Gasteiger partial charge >= 0.3 is 0 Å². The molecule has 6 nitrogen and oxygen atoms in total.